The van der Waals surface area contributed by atoms with Gasteiger partial charge < -0.3 is 4.90 Å². The molecule has 8 heteroatoms. The Morgan fingerprint density at radius 2 is 2.05 bits per heavy atom. The van der Waals surface area contributed by atoms with Crippen molar-refractivity contribution in [3.8, 4) is 0 Å². The van der Waals surface area contributed by atoms with Gasteiger partial charge in [-0.25, -0.2) is 18.4 Å². The van der Waals surface area contributed by atoms with E-state index < -0.39 is 9.84 Å². The molecular formula is C14H21N5O2S. The van der Waals surface area contributed by atoms with Crippen molar-refractivity contribution < 1.29 is 8.42 Å². The normalized spacial score (nSPS) is 11.6. The van der Waals surface area contributed by atoms with Crippen LogP contribution < -0.4 is 4.90 Å². The van der Waals surface area contributed by atoms with Crippen LogP contribution in [0.3, 0.4) is 0 Å². The summed E-state index contributed by atoms with van der Waals surface area (Å²) in [6.07, 6.45) is 8.15. The van der Waals surface area contributed by atoms with Gasteiger partial charge in [-0.1, -0.05) is 0 Å². The lowest BCUT2D eigenvalue weighted by molar-refractivity contribution is 0.600. The second-order valence-corrected chi connectivity index (χ2v) is 7.41. The average molecular weight is 323 g/mol. The second kappa shape index (κ2) is 6.43. The molecule has 0 N–H and O–H groups in total. The molecule has 0 aliphatic carbocycles. The number of aryl methyl sites for hydroxylation is 3. The van der Waals surface area contributed by atoms with Gasteiger partial charge in [0, 0.05) is 33.1 Å². The van der Waals surface area contributed by atoms with E-state index in [1.54, 1.807) is 11.6 Å². The fourth-order valence-electron chi connectivity index (χ4n) is 2.21. The lowest BCUT2D eigenvalue weighted by atomic mass is 10.2. The minimum Gasteiger partial charge on any atom is -0.358 e. The largest absolute Gasteiger partial charge is 0.358 e. The fourth-order valence-corrected chi connectivity index (χ4v) is 2.99. The first kappa shape index (κ1) is 16.4. The Balaban J connectivity index is 2.09. The first-order chi connectivity index (χ1) is 10.3. The molecule has 2 aromatic heterocycles. The summed E-state index contributed by atoms with van der Waals surface area (Å²) in [4.78, 5) is 10.3. The highest BCUT2D eigenvalue weighted by Crippen LogP contribution is 2.21. The molecule has 0 spiro atoms. The smallest absolute Gasteiger partial charge is 0.180 e. The number of aromatic nitrogens is 4. The third kappa shape index (κ3) is 4.03. The summed E-state index contributed by atoms with van der Waals surface area (Å²) < 4.78 is 25.5. The molecule has 0 bridgehead atoms. The molecule has 2 aromatic rings. The number of hydrogen-bond acceptors (Lipinski definition) is 6. The zero-order chi connectivity index (χ0) is 16.3. The van der Waals surface area contributed by atoms with E-state index in [2.05, 4.69) is 15.1 Å². The molecule has 0 amide bonds. The van der Waals surface area contributed by atoms with Gasteiger partial charge in [-0.2, -0.15) is 5.10 Å². The minimum atomic E-state index is -3.35. The maximum atomic E-state index is 11.8. The van der Waals surface area contributed by atoms with Gasteiger partial charge in [-0.05, 0) is 25.3 Å². The molecule has 22 heavy (non-hydrogen) atoms. The van der Waals surface area contributed by atoms with Crippen LogP contribution in [-0.4, -0.2) is 48.0 Å². The van der Waals surface area contributed by atoms with Crippen LogP contribution in [0.5, 0.6) is 0 Å². The van der Waals surface area contributed by atoms with Gasteiger partial charge >= 0.3 is 0 Å². The maximum absolute atomic E-state index is 11.8. The second-order valence-electron chi connectivity index (χ2n) is 5.42. The average Bonchev–Trinajstić information content (AvgIpc) is 2.83. The Bertz CT molecular complexity index is 754. The summed E-state index contributed by atoms with van der Waals surface area (Å²) in [6, 6.07) is 0. The van der Waals surface area contributed by atoms with E-state index >= 15 is 0 Å². The first-order valence-electron chi connectivity index (χ1n) is 6.99. The van der Waals surface area contributed by atoms with Crippen molar-refractivity contribution in [3.63, 3.8) is 0 Å². The van der Waals surface area contributed by atoms with E-state index in [4.69, 9.17) is 0 Å². The summed E-state index contributed by atoms with van der Waals surface area (Å²) in [5, 5.41) is 4.13. The number of anilines is 1. The van der Waals surface area contributed by atoms with Crippen LogP contribution in [0.2, 0.25) is 0 Å². The van der Waals surface area contributed by atoms with Crippen molar-refractivity contribution >= 4 is 15.7 Å². The minimum absolute atomic E-state index is 0.168. The Labute approximate surface area is 130 Å². The molecule has 0 aromatic carbocycles. The van der Waals surface area contributed by atoms with E-state index in [0.29, 0.717) is 18.2 Å². The fraction of sp³-hybridized carbons (Fsp3) is 0.500. The van der Waals surface area contributed by atoms with Crippen LogP contribution in [0.4, 0.5) is 5.82 Å². The lowest BCUT2D eigenvalue weighted by Crippen LogP contribution is -2.23. The van der Waals surface area contributed by atoms with Gasteiger partial charge in [0.1, 0.15) is 10.7 Å². The molecule has 0 fully saturated rings. The third-order valence-electron chi connectivity index (χ3n) is 3.34. The van der Waals surface area contributed by atoms with Crippen LogP contribution in [0.25, 0.3) is 0 Å². The molecule has 0 aliphatic rings. The van der Waals surface area contributed by atoms with Crippen molar-refractivity contribution in [2.24, 2.45) is 7.05 Å². The number of hydrogen-bond donors (Lipinski definition) is 0. The SMILES string of the molecule is Cc1ncc(S(C)(=O)=O)c(N(C)CCCc2cnn(C)c2)n1. The van der Waals surface area contributed by atoms with Crippen LogP contribution in [0.1, 0.15) is 17.8 Å². The highest BCUT2D eigenvalue weighted by atomic mass is 32.2. The third-order valence-corrected chi connectivity index (χ3v) is 4.42. The summed E-state index contributed by atoms with van der Waals surface area (Å²) >= 11 is 0. The molecule has 2 heterocycles. The van der Waals surface area contributed by atoms with Gasteiger partial charge in [0.15, 0.2) is 15.7 Å². The van der Waals surface area contributed by atoms with Crippen LogP contribution >= 0.6 is 0 Å². The Morgan fingerprint density at radius 1 is 1.32 bits per heavy atom. The molecule has 0 radical (unpaired) electrons. The van der Waals surface area contributed by atoms with Crippen molar-refractivity contribution in [2.75, 3.05) is 24.7 Å². The van der Waals surface area contributed by atoms with Crippen molar-refractivity contribution in [1.82, 2.24) is 19.7 Å². The topological polar surface area (TPSA) is 81.0 Å². The monoisotopic (exact) mass is 323 g/mol. The molecule has 0 saturated carbocycles. The van der Waals surface area contributed by atoms with Gasteiger partial charge in [-0.3, -0.25) is 4.68 Å². The lowest BCUT2D eigenvalue weighted by Gasteiger charge is -2.20. The van der Waals surface area contributed by atoms with Crippen molar-refractivity contribution in [3.05, 3.63) is 30.0 Å². The summed E-state index contributed by atoms with van der Waals surface area (Å²) in [6.45, 7) is 2.45. The maximum Gasteiger partial charge on any atom is 0.180 e. The highest BCUT2D eigenvalue weighted by molar-refractivity contribution is 7.90. The summed E-state index contributed by atoms with van der Waals surface area (Å²) in [5.74, 6) is 1.02. The van der Waals surface area contributed by atoms with Crippen LogP contribution in [0.15, 0.2) is 23.5 Å². The van der Waals surface area contributed by atoms with Crippen molar-refractivity contribution in [2.45, 2.75) is 24.7 Å². The predicted octanol–water partition coefficient (Wildman–Crippen LogP) is 0.991. The Morgan fingerprint density at radius 3 is 2.64 bits per heavy atom. The molecule has 0 saturated heterocycles. The van der Waals surface area contributed by atoms with E-state index in [1.165, 1.54) is 12.5 Å². The molecule has 0 atom stereocenters. The van der Waals surface area contributed by atoms with Gasteiger partial charge in [0.05, 0.1) is 12.4 Å². The zero-order valence-electron chi connectivity index (χ0n) is 13.3. The van der Waals surface area contributed by atoms with Crippen LogP contribution in [-0.2, 0) is 23.3 Å². The molecule has 120 valence electrons. The molecule has 0 aliphatic heterocycles. The van der Waals surface area contributed by atoms with Gasteiger partial charge in [-0.15, -0.1) is 0 Å². The summed E-state index contributed by atoms with van der Waals surface area (Å²) in [7, 11) is 0.384. The first-order valence-corrected chi connectivity index (χ1v) is 8.89. The predicted molar refractivity (Wildman–Crippen MR) is 84.7 cm³/mol. The number of nitrogens with zero attached hydrogens (tertiary/aromatic N) is 5. The molecule has 7 nitrogen and oxygen atoms in total. The molecular weight excluding hydrogens is 302 g/mol. The summed E-state index contributed by atoms with van der Waals surface area (Å²) in [5.41, 5.74) is 1.16. The van der Waals surface area contributed by atoms with Crippen molar-refractivity contribution in [1.29, 1.82) is 0 Å². The van der Waals surface area contributed by atoms with Gasteiger partial charge in [0.2, 0.25) is 0 Å². The van der Waals surface area contributed by atoms with E-state index in [0.717, 1.165) is 18.4 Å². The standard InChI is InChI=1S/C14H21N5O2S/c1-11-15-9-13(22(4,20)21)14(17-11)18(2)7-5-6-12-8-16-19(3)10-12/h8-10H,5-7H2,1-4H3. The van der Waals surface area contributed by atoms with E-state index in [9.17, 15) is 8.42 Å². The van der Waals surface area contributed by atoms with E-state index in [1.807, 2.05) is 31.4 Å². The van der Waals surface area contributed by atoms with Gasteiger partial charge in [0.25, 0.3) is 0 Å². The number of sulfone groups is 1. The zero-order valence-corrected chi connectivity index (χ0v) is 14.1. The number of rotatable bonds is 6. The molecule has 2 rings (SSSR count). The highest BCUT2D eigenvalue weighted by Gasteiger charge is 2.18. The quantitative estimate of drug-likeness (QED) is 0.788. The van der Waals surface area contributed by atoms with Crippen LogP contribution in [0, 0.1) is 6.92 Å². The Kier molecular flexibility index (Phi) is 4.80. The Hall–Kier alpha value is -1.96. The molecule has 0 unspecified atom stereocenters. The van der Waals surface area contributed by atoms with E-state index in [-0.39, 0.29) is 4.90 Å².